The molecule has 1 unspecified atom stereocenters. The highest BCUT2D eigenvalue weighted by atomic mass is 35.5. The van der Waals surface area contributed by atoms with Gasteiger partial charge in [0.2, 0.25) is 0 Å². The second-order valence-corrected chi connectivity index (χ2v) is 4.11. The molecule has 1 atom stereocenters. The second-order valence-electron chi connectivity index (χ2n) is 3.30. The zero-order chi connectivity index (χ0) is 11.4. The van der Waals surface area contributed by atoms with Crippen molar-refractivity contribution >= 4 is 34.6 Å². The van der Waals surface area contributed by atoms with Crippen LogP contribution in [-0.4, -0.2) is 17.8 Å². The minimum absolute atomic E-state index is 0.390. The molecule has 0 aromatic heterocycles. The number of aliphatic hydroxyl groups is 1. The Bertz CT molecular complexity index is 344. The molecule has 1 aromatic carbocycles. The van der Waals surface area contributed by atoms with Gasteiger partial charge in [0.25, 0.3) is 0 Å². The Morgan fingerprint density at radius 2 is 2.00 bits per heavy atom. The number of benzene rings is 1. The van der Waals surface area contributed by atoms with Crippen molar-refractivity contribution in [2.75, 3.05) is 17.6 Å². The summed E-state index contributed by atoms with van der Waals surface area (Å²) in [5, 5.41) is 13.3. The first kappa shape index (κ1) is 12.4. The van der Waals surface area contributed by atoms with Gasteiger partial charge in [-0.2, -0.15) is 0 Å². The number of nitrogens with one attached hydrogen (secondary N) is 1. The summed E-state index contributed by atoms with van der Waals surface area (Å²) in [5.41, 5.74) is 6.94. The first-order chi connectivity index (χ1) is 7.04. The third kappa shape index (κ3) is 3.45. The number of anilines is 2. The van der Waals surface area contributed by atoms with E-state index in [9.17, 15) is 5.11 Å². The molecule has 0 aliphatic rings. The van der Waals surface area contributed by atoms with Crippen LogP contribution in [0, 0.1) is 0 Å². The van der Waals surface area contributed by atoms with Gasteiger partial charge in [0, 0.05) is 6.54 Å². The predicted molar refractivity (Wildman–Crippen MR) is 65.7 cm³/mol. The summed E-state index contributed by atoms with van der Waals surface area (Å²) in [5.74, 6) is 0. The van der Waals surface area contributed by atoms with Gasteiger partial charge >= 0.3 is 0 Å². The van der Waals surface area contributed by atoms with E-state index in [1.807, 2.05) is 6.92 Å². The third-order valence-electron chi connectivity index (χ3n) is 2.09. The van der Waals surface area contributed by atoms with E-state index in [0.29, 0.717) is 34.4 Å². The fraction of sp³-hybridized carbons (Fsp3) is 0.400. The lowest BCUT2D eigenvalue weighted by molar-refractivity contribution is 0.183. The van der Waals surface area contributed by atoms with Crippen molar-refractivity contribution in [2.45, 2.75) is 19.4 Å². The van der Waals surface area contributed by atoms with Crippen LogP contribution < -0.4 is 11.1 Å². The average Bonchev–Trinajstić information content (AvgIpc) is 2.21. The van der Waals surface area contributed by atoms with Gasteiger partial charge in [-0.1, -0.05) is 30.1 Å². The molecule has 0 radical (unpaired) electrons. The maximum Gasteiger partial charge on any atom is 0.0709 e. The fourth-order valence-corrected chi connectivity index (χ4v) is 1.42. The Morgan fingerprint density at radius 3 is 2.60 bits per heavy atom. The fourth-order valence-electron chi connectivity index (χ4n) is 1.09. The van der Waals surface area contributed by atoms with E-state index >= 15 is 0 Å². The Morgan fingerprint density at radius 1 is 1.40 bits per heavy atom. The van der Waals surface area contributed by atoms with Gasteiger partial charge in [0.15, 0.2) is 0 Å². The molecule has 0 bridgehead atoms. The molecule has 0 amide bonds. The number of hydrogen-bond acceptors (Lipinski definition) is 3. The molecular weight excluding hydrogens is 235 g/mol. The molecular formula is C10H14Cl2N2O. The molecule has 1 rings (SSSR count). The lowest BCUT2D eigenvalue weighted by Gasteiger charge is -2.13. The van der Waals surface area contributed by atoms with Crippen molar-refractivity contribution in [3.8, 4) is 0 Å². The van der Waals surface area contributed by atoms with Gasteiger partial charge < -0.3 is 16.2 Å². The predicted octanol–water partition coefficient (Wildman–Crippen LogP) is 2.76. The minimum Gasteiger partial charge on any atom is -0.397 e. The van der Waals surface area contributed by atoms with E-state index in [2.05, 4.69) is 5.32 Å². The van der Waals surface area contributed by atoms with Crippen molar-refractivity contribution in [1.82, 2.24) is 0 Å². The topological polar surface area (TPSA) is 58.3 Å². The van der Waals surface area contributed by atoms with Crippen molar-refractivity contribution in [1.29, 1.82) is 0 Å². The highest BCUT2D eigenvalue weighted by Gasteiger charge is 2.06. The van der Waals surface area contributed by atoms with E-state index in [1.165, 1.54) is 0 Å². The van der Waals surface area contributed by atoms with Crippen molar-refractivity contribution in [3.63, 3.8) is 0 Å². The summed E-state index contributed by atoms with van der Waals surface area (Å²) in [4.78, 5) is 0. The quantitative estimate of drug-likeness (QED) is 0.719. The Balaban J connectivity index is 2.73. The minimum atomic E-state index is -0.390. The Labute approximate surface area is 99.2 Å². The number of hydrogen-bond donors (Lipinski definition) is 3. The molecule has 0 aliphatic carbocycles. The Kier molecular flexibility index (Phi) is 4.51. The largest absolute Gasteiger partial charge is 0.397 e. The summed E-state index contributed by atoms with van der Waals surface area (Å²) in [6.07, 6.45) is 0.299. The zero-order valence-corrected chi connectivity index (χ0v) is 9.94. The summed E-state index contributed by atoms with van der Waals surface area (Å²) >= 11 is 11.6. The number of rotatable bonds is 4. The van der Waals surface area contributed by atoms with Crippen molar-refractivity contribution in [2.24, 2.45) is 0 Å². The number of nitrogen functional groups attached to an aromatic ring is 1. The van der Waals surface area contributed by atoms with Crippen LogP contribution in [0.2, 0.25) is 10.0 Å². The SMILES string of the molecule is CCC(O)CNc1cc(Cl)c(Cl)cc1N. The maximum absolute atomic E-state index is 9.37. The molecule has 84 valence electrons. The van der Waals surface area contributed by atoms with Gasteiger partial charge in [0.1, 0.15) is 0 Å². The van der Waals surface area contributed by atoms with Crippen LogP contribution in [0.25, 0.3) is 0 Å². The van der Waals surface area contributed by atoms with Gasteiger partial charge in [-0.15, -0.1) is 0 Å². The smallest absolute Gasteiger partial charge is 0.0709 e. The summed E-state index contributed by atoms with van der Waals surface area (Å²) in [6, 6.07) is 3.24. The van der Waals surface area contributed by atoms with E-state index < -0.39 is 0 Å². The first-order valence-corrected chi connectivity index (χ1v) is 5.46. The van der Waals surface area contributed by atoms with Gasteiger partial charge in [-0.25, -0.2) is 0 Å². The first-order valence-electron chi connectivity index (χ1n) is 4.71. The highest BCUT2D eigenvalue weighted by molar-refractivity contribution is 6.42. The standard InChI is InChI=1S/C10H14Cl2N2O/c1-2-6(15)5-14-10-4-8(12)7(11)3-9(10)13/h3-4,6,14-15H,2,5,13H2,1H3. The summed E-state index contributed by atoms with van der Waals surface area (Å²) < 4.78 is 0. The molecule has 4 N–H and O–H groups in total. The summed E-state index contributed by atoms with van der Waals surface area (Å²) in [6.45, 7) is 2.35. The van der Waals surface area contributed by atoms with E-state index in [-0.39, 0.29) is 6.10 Å². The van der Waals surface area contributed by atoms with Crippen LogP contribution in [0.5, 0.6) is 0 Å². The molecule has 1 aromatic rings. The lowest BCUT2D eigenvalue weighted by atomic mass is 10.2. The number of aliphatic hydroxyl groups excluding tert-OH is 1. The van der Waals surface area contributed by atoms with Crippen LogP contribution in [0.15, 0.2) is 12.1 Å². The van der Waals surface area contributed by atoms with Crippen molar-refractivity contribution in [3.05, 3.63) is 22.2 Å². The normalized spacial score (nSPS) is 12.5. The number of nitrogens with two attached hydrogens (primary N) is 1. The number of halogens is 2. The van der Waals surface area contributed by atoms with E-state index in [4.69, 9.17) is 28.9 Å². The summed E-state index contributed by atoms with van der Waals surface area (Å²) in [7, 11) is 0. The lowest BCUT2D eigenvalue weighted by Crippen LogP contribution is -2.18. The average molecular weight is 249 g/mol. The monoisotopic (exact) mass is 248 g/mol. The Hall–Kier alpha value is -0.640. The second kappa shape index (κ2) is 5.45. The highest BCUT2D eigenvalue weighted by Crippen LogP contribution is 2.30. The van der Waals surface area contributed by atoms with Crippen LogP contribution in [0.4, 0.5) is 11.4 Å². The molecule has 0 heterocycles. The van der Waals surface area contributed by atoms with Gasteiger partial charge in [-0.3, -0.25) is 0 Å². The zero-order valence-electron chi connectivity index (χ0n) is 8.43. The molecule has 0 fully saturated rings. The molecule has 5 heteroatoms. The van der Waals surface area contributed by atoms with Crippen molar-refractivity contribution < 1.29 is 5.11 Å². The van der Waals surface area contributed by atoms with Gasteiger partial charge in [0.05, 0.1) is 27.5 Å². The van der Waals surface area contributed by atoms with Gasteiger partial charge in [-0.05, 0) is 18.6 Å². The maximum atomic E-state index is 9.37. The molecule has 0 saturated carbocycles. The van der Waals surface area contributed by atoms with Crippen LogP contribution in [0.1, 0.15) is 13.3 Å². The van der Waals surface area contributed by atoms with Crippen LogP contribution in [-0.2, 0) is 0 Å². The van der Waals surface area contributed by atoms with Crippen LogP contribution >= 0.6 is 23.2 Å². The van der Waals surface area contributed by atoms with E-state index in [1.54, 1.807) is 12.1 Å². The molecule has 0 saturated heterocycles. The molecule has 15 heavy (non-hydrogen) atoms. The molecule has 0 aliphatic heterocycles. The molecule has 3 nitrogen and oxygen atoms in total. The molecule has 0 spiro atoms. The van der Waals surface area contributed by atoms with E-state index in [0.717, 1.165) is 0 Å². The van der Waals surface area contributed by atoms with Crippen LogP contribution in [0.3, 0.4) is 0 Å². The third-order valence-corrected chi connectivity index (χ3v) is 2.81.